The van der Waals surface area contributed by atoms with Crippen LogP contribution in [0.4, 0.5) is 0 Å². The number of benzene rings is 2. The molecule has 0 saturated heterocycles. The molecule has 1 N–H and O–H groups in total. The van der Waals surface area contributed by atoms with E-state index in [9.17, 15) is 5.11 Å². The van der Waals surface area contributed by atoms with Gasteiger partial charge in [0.25, 0.3) is 8.32 Å². The first-order valence-corrected chi connectivity index (χ1v) is 13.6. The summed E-state index contributed by atoms with van der Waals surface area (Å²) in [7, 11) is -2.65. The van der Waals surface area contributed by atoms with Crippen LogP contribution in [0.25, 0.3) is 0 Å². The molecular weight excluding hydrogens is 396 g/mol. The zero-order valence-corrected chi connectivity index (χ0v) is 20.8. The first-order valence-electron chi connectivity index (χ1n) is 11.7. The second-order valence-electron chi connectivity index (χ2n) is 9.13. The Labute approximate surface area is 190 Å². The molecule has 0 radical (unpaired) electrons. The molecule has 1 atom stereocenters. The molecule has 0 spiro atoms. The third-order valence-corrected chi connectivity index (χ3v) is 10.8. The summed E-state index contributed by atoms with van der Waals surface area (Å²) in [5.41, 5.74) is 0. The minimum absolute atomic E-state index is 0.0266. The van der Waals surface area contributed by atoms with E-state index in [0.717, 1.165) is 12.8 Å². The van der Waals surface area contributed by atoms with E-state index >= 15 is 0 Å². The fourth-order valence-corrected chi connectivity index (χ4v) is 8.71. The number of aliphatic hydroxyl groups excluding tert-OH is 1. The van der Waals surface area contributed by atoms with Gasteiger partial charge >= 0.3 is 0 Å². The maximum absolute atomic E-state index is 10.2. The van der Waals surface area contributed by atoms with Crippen molar-refractivity contribution in [3.63, 3.8) is 0 Å². The fourth-order valence-electron chi connectivity index (χ4n) is 4.09. The molecule has 2 nitrogen and oxygen atoms in total. The van der Waals surface area contributed by atoms with E-state index in [-0.39, 0.29) is 17.7 Å². The lowest BCUT2D eigenvalue weighted by Crippen LogP contribution is -2.67. The van der Waals surface area contributed by atoms with Gasteiger partial charge in [0.15, 0.2) is 0 Å². The summed E-state index contributed by atoms with van der Waals surface area (Å²) in [6.07, 6.45) is 14.1. The van der Waals surface area contributed by atoms with Gasteiger partial charge in [-0.3, -0.25) is 0 Å². The van der Waals surface area contributed by atoms with Crippen molar-refractivity contribution in [2.45, 2.75) is 70.9 Å². The molecule has 0 aliphatic rings. The predicted molar refractivity (Wildman–Crippen MR) is 137 cm³/mol. The van der Waals surface area contributed by atoms with E-state index in [4.69, 9.17) is 4.43 Å². The lowest BCUT2D eigenvalue weighted by atomic mass is 10.2. The molecule has 0 amide bonds. The highest BCUT2D eigenvalue weighted by Gasteiger charge is 2.51. The minimum atomic E-state index is -2.65. The number of allylic oxidation sites excluding steroid dienone is 3. The zero-order chi connectivity index (χ0) is 22.6. The zero-order valence-electron chi connectivity index (χ0n) is 19.8. The molecule has 168 valence electrons. The van der Waals surface area contributed by atoms with Gasteiger partial charge in [-0.15, -0.1) is 0 Å². The van der Waals surface area contributed by atoms with Gasteiger partial charge < -0.3 is 9.53 Å². The van der Waals surface area contributed by atoms with Crippen molar-refractivity contribution >= 4 is 18.7 Å². The largest absolute Gasteiger partial charge is 0.399 e. The van der Waals surface area contributed by atoms with Crippen molar-refractivity contribution in [1.29, 1.82) is 0 Å². The van der Waals surface area contributed by atoms with Crippen LogP contribution in [-0.4, -0.2) is 26.1 Å². The fraction of sp³-hybridized carbons (Fsp3) is 0.429. The van der Waals surface area contributed by atoms with Gasteiger partial charge in [-0.25, -0.2) is 0 Å². The highest BCUT2D eigenvalue weighted by atomic mass is 28.4. The van der Waals surface area contributed by atoms with E-state index in [0.29, 0.717) is 0 Å². The van der Waals surface area contributed by atoms with Gasteiger partial charge in [0, 0.05) is 0 Å². The van der Waals surface area contributed by atoms with Gasteiger partial charge in [-0.05, 0) is 34.7 Å². The summed E-state index contributed by atoms with van der Waals surface area (Å²) in [5.74, 6) is 0. The summed E-state index contributed by atoms with van der Waals surface area (Å²) < 4.78 is 6.96. The Morgan fingerprint density at radius 2 is 1.45 bits per heavy atom. The Bertz CT molecular complexity index is 751. The Balaban J connectivity index is 2.29. The van der Waals surface area contributed by atoms with Crippen molar-refractivity contribution in [3.05, 3.63) is 85.0 Å². The first kappa shape index (κ1) is 25.3. The number of unbranched alkanes of at least 4 members (excludes halogenated alkanes) is 3. The van der Waals surface area contributed by atoms with Crippen molar-refractivity contribution < 1.29 is 9.53 Å². The van der Waals surface area contributed by atoms with Crippen molar-refractivity contribution in [2.24, 2.45) is 0 Å². The topological polar surface area (TPSA) is 29.5 Å². The third-order valence-electron chi connectivity index (χ3n) is 5.69. The highest BCUT2D eigenvalue weighted by molar-refractivity contribution is 6.99. The number of hydrogen-bond donors (Lipinski definition) is 1. The highest BCUT2D eigenvalue weighted by Crippen LogP contribution is 2.37. The van der Waals surface area contributed by atoms with Crippen LogP contribution < -0.4 is 10.4 Å². The van der Waals surface area contributed by atoms with Crippen LogP contribution >= 0.6 is 0 Å². The van der Waals surface area contributed by atoms with Crippen LogP contribution in [0.3, 0.4) is 0 Å². The molecule has 2 rings (SSSR count). The van der Waals surface area contributed by atoms with Crippen molar-refractivity contribution in [2.75, 3.05) is 6.61 Å². The minimum Gasteiger partial charge on any atom is -0.399 e. The molecule has 0 aliphatic heterocycles. The molecule has 0 saturated carbocycles. The van der Waals surface area contributed by atoms with E-state index in [1.54, 1.807) is 0 Å². The second-order valence-corrected chi connectivity index (χ2v) is 13.4. The van der Waals surface area contributed by atoms with Gasteiger partial charge in [0.2, 0.25) is 0 Å². The summed E-state index contributed by atoms with van der Waals surface area (Å²) in [5, 5.41) is 12.5. The maximum Gasteiger partial charge on any atom is 0.261 e. The summed E-state index contributed by atoms with van der Waals surface area (Å²) in [4.78, 5) is 0. The van der Waals surface area contributed by atoms with Crippen LogP contribution in [-0.2, 0) is 4.43 Å². The van der Waals surface area contributed by atoms with Crippen LogP contribution in [0, 0.1) is 0 Å². The Morgan fingerprint density at radius 3 is 1.94 bits per heavy atom. The third kappa shape index (κ3) is 7.03. The molecule has 0 unspecified atom stereocenters. The van der Waals surface area contributed by atoms with Gasteiger partial charge in [-0.1, -0.05) is 126 Å². The Morgan fingerprint density at radius 1 is 0.871 bits per heavy atom. The molecule has 0 aromatic heterocycles. The van der Waals surface area contributed by atoms with E-state index in [1.807, 2.05) is 18.2 Å². The standard InChI is InChI=1S/C28H40O2Si/c1-5-6-7-8-9-10-11-14-19-25(24-29)30-31(28(2,3)4,26-20-15-12-16-21-26)27-22-17-13-18-23-27/h9-10,12-23,25,29H,5-8,11,24H2,1-4H3/b10-9-,19-14-/t25-/m1/s1. The number of aliphatic hydroxyl groups is 1. The molecule has 0 heterocycles. The number of rotatable bonds is 12. The molecule has 0 aliphatic carbocycles. The average Bonchev–Trinajstić information content (AvgIpc) is 2.78. The predicted octanol–water partition coefficient (Wildman–Crippen LogP) is 6.01. The molecular formula is C28H40O2Si. The maximum atomic E-state index is 10.2. The van der Waals surface area contributed by atoms with Crippen LogP contribution in [0.5, 0.6) is 0 Å². The lowest BCUT2D eigenvalue weighted by molar-refractivity contribution is 0.141. The van der Waals surface area contributed by atoms with Crippen LogP contribution in [0.1, 0.15) is 59.8 Å². The van der Waals surface area contributed by atoms with Crippen molar-refractivity contribution in [3.8, 4) is 0 Å². The molecule has 0 fully saturated rings. The Kier molecular flexibility index (Phi) is 10.5. The smallest absolute Gasteiger partial charge is 0.261 e. The van der Waals surface area contributed by atoms with Gasteiger partial charge in [0.1, 0.15) is 0 Å². The monoisotopic (exact) mass is 436 g/mol. The SMILES string of the molecule is CCCCC/C=C\C/C=C\[C@H](CO)O[Si](c1ccccc1)(c1ccccc1)C(C)(C)C. The Hall–Kier alpha value is -1.94. The molecule has 3 heteroatoms. The first-order chi connectivity index (χ1) is 15.0. The van der Waals surface area contributed by atoms with Crippen molar-refractivity contribution in [1.82, 2.24) is 0 Å². The van der Waals surface area contributed by atoms with Crippen LogP contribution in [0.2, 0.25) is 5.04 Å². The summed E-state index contributed by atoms with van der Waals surface area (Å²) in [6, 6.07) is 21.2. The van der Waals surface area contributed by atoms with E-state index in [2.05, 4.69) is 94.5 Å². The molecule has 0 bridgehead atoms. The quantitative estimate of drug-likeness (QED) is 0.251. The van der Waals surface area contributed by atoms with Gasteiger partial charge in [0.05, 0.1) is 12.7 Å². The molecule has 2 aromatic carbocycles. The van der Waals surface area contributed by atoms with E-state index < -0.39 is 8.32 Å². The normalized spacial score (nSPS) is 13.8. The summed E-state index contributed by atoms with van der Waals surface area (Å²) in [6.45, 7) is 8.98. The summed E-state index contributed by atoms with van der Waals surface area (Å²) >= 11 is 0. The lowest BCUT2D eigenvalue weighted by Gasteiger charge is -2.44. The van der Waals surface area contributed by atoms with Gasteiger partial charge in [-0.2, -0.15) is 0 Å². The molecule has 2 aromatic rings. The van der Waals surface area contributed by atoms with E-state index in [1.165, 1.54) is 29.6 Å². The second kappa shape index (κ2) is 12.8. The number of hydrogen-bond acceptors (Lipinski definition) is 2. The average molecular weight is 437 g/mol. The molecule has 31 heavy (non-hydrogen) atoms. The van der Waals surface area contributed by atoms with Crippen LogP contribution in [0.15, 0.2) is 85.0 Å².